The fraction of sp³-hybridized carbons (Fsp3) is 0.304. The fourth-order valence-corrected chi connectivity index (χ4v) is 4.33. The number of H-pyrrole nitrogens is 1. The largest absolute Gasteiger partial charge is 0.466 e. The van der Waals surface area contributed by atoms with Crippen LogP contribution in [-0.2, 0) is 16.0 Å². The average Bonchev–Trinajstić information content (AvgIpc) is 3.11. The molecule has 4 rings (SSSR count). The lowest BCUT2D eigenvalue weighted by Gasteiger charge is -2.31. The van der Waals surface area contributed by atoms with E-state index >= 15 is 0 Å². The van der Waals surface area contributed by atoms with Crippen LogP contribution in [0.2, 0.25) is 5.02 Å². The number of benzene rings is 2. The van der Waals surface area contributed by atoms with Gasteiger partial charge in [0.15, 0.2) is 0 Å². The first-order valence-corrected chi connectivity index (χ1v) is 10.2. The minimum Gasteiger partial charge on any atom is -0.466 e. The summed E-state index contributed by atoms with van der Waals surface area (Å²) in [5, 5.41) is 4.66. The molecule has 0 spiro atoms. The maximum Gasteiger partial charge on any atom is 0.306 e. The molecule has 0 radical (unpaired) electrons. The van der Waals surface area contributed by atoms with Gasteiger partial charge in [-0.05, 0) is 61.1 Å². The normalized spacial score (nSPS) is 18.3. The van der Waals surface area contributed by atoms with E-state index in [1.54, 1.807) is 6.07 Å². The Labute approximate surface area is 174 Å². The van der Waals surface area contributed by atoms with E-state index in [9.17, 15) is 9.59 Å². The second kappa shape index (κ2) is 8.29. The lowest BCUT2D eigenvalue weighted by molar-refractivity contribution is -0.143. The summed E-state index contributed by atoms with van der Waals surface area (Å²) in [6.45, 7) is 2.18. The molecule has 6 heteroatoms. The molecule has 0 saturated carbocycles. The van der Waals surface area contributed by atoms with Crippen molar-refractivity contribution in [3.8, 4) is 0 Å². The average molecular weight is 411 g/mol. The van der Waals surface area contributed by atoms with Gasteiger partial charge in [0, 0.05) is 22.0 Å². The van der Waals surface area contributed by atoms with E-state index in [0.29, 0.717) is 30.2 Å². The Balaban J connectivity index is 1.52. The number of aromatic amines is 1. The molecule has 1 aliphatic carbocycles. The van der Waals surface area contributed by atoms with Crippen molar-refractivity contribution < 1.29 is 14.3 Å². The highest BCUT2D eigenvalue weighted by Crippen LogP contribution is 2.34. The number of fused-ring (bicyclic) bond motifs is 2. The number of rotatable bonds is 5. The maximum absolute atomic E-state index is 12.8. The van der Waals surface area contributed by atoms with Crippen LogP contribution in [0.5, 0.6) is 0 Å². The van der Waals surface area contributed by atoms with Crippen LogP contribution in [0.3, 0.4) is 0 Å². The molecule has 0 unspecified atom stereocenters. The van der Waals surface area contributed by atoms with Crippen LogP contribution in [0, 0.1) is 0 Å². The Hall–Kier alpha value is -2.79. The third-order valence-corrected chi connectivity index (χ3v) is 5.65. The molecule has 1 aliphatic rings. The number of nitrogens with one attached hydrogen (secondary N) is 2. The summed E-state index contributed by atoms with van der Waals surface area (Å²) in [6.07, 6.45) is 1.77. The van der Waals surface area contributed by atoms with E-state index < -0.39 is 0 Å². The molecule has 3 aromatic rings. The smallest absolute Gasteiger partial charge is 0.306 e. The van der Waals surface area contributed by atoms with Crippen molar-refractivity contribution in [2.24, 2.45) is 0 Å². The minimum absolute atomic E-state index is 0.0332. The number of halogens is 1. The lowest BCUT2D eigenvalue weighted by Crippen LogP contribution is -2.40. The predicted molar refractivity (Wildman–Crippen MR) is 113 cm³/mol. The van der Waals surface area contributed by atoms with Crippen molar-refractivity contribution in [1.82, 2.24) is 10.3 Å². The Morgan fingerprint density at radius 2 is 2.03 bits per heavy atom. The van der Waals surface area contributed by atoms with Crippen molar-refractivity contribution in [2.75, 3.05) is 6.61 Å². The summed E-state index contributed by atoms with van der Waals surface area (Å²) in [6, 6.07) is 15.4. The zero-order valence-corrected chi connectivity index (χ0v) is 17.0. The van der Waals surface area contributed by atoms with Gasteiger partial charge in [0.2, 0.25) is 0 Å². The van der Waals surface area contributed by atoms with Gasteiger partial charge < -0.3 is 15.0 Å². The molecule has 150 valence electrons. The molecule has 0 fully saturated rings. The number of hydrogen-bond acceptors (Lipinski definition) is 3. The first-order chi connectivity index (χ1) is 14.0. The minimum atomic E-state index is -0.202. The van der Waals surface area contributed by atoms with Gasteiger partial charge in [0.05, 0.1) is 13.0 Å². The molecule has 2 N–H and O–H groups in total. The van der Waals surface area contributed by atoms with Gasteiger partial charge in [0.1, 0.15) is 5.69 Å². The number of esters is 1. The predicted octanol–water partition coefficient (Wildman–Crippen LogP) is 4.60. The van der Waals surface area contributed by atoms with Gasteiger partial charge >= 0.3 is 5.97 Å². The van der Waals surface area contributed by atoms with Crippen molar-refractivity contribution in [3.63, 3.8) is 0 Å². The molecular formula is C23H23ClN2O3. The van der Waals surface area contributed by atoms with Gasteiger partial charge in [-0.1, -0.05) is 35.9 Å². The van der Waals surface area contributed by atoms with Crippen LogP contribution >= 0.6 is 11.6 Å². The molecule has 29 heavy (non-hydrogen) atoms. The number of carbonyl (C=O) groups is 2. The maximum atomic E-state index is 12.8. The standard InChI is InChI=1S/C23H23ClN2O3/c1-2-29-22(27)13-15-11-18(10-14-5-3-4-6-19(14)15)25-23(28)21-12-16-9-17(24)7-8-20(16)26-21/h3-9,12,15,18,26H,2,10-11,13H2,1H3,(H,25,28)/t15-,18+/m1/s1. The summed E-state index contributed by atoms with van der Waals surface area (Å²) in [7, 11) is 0. The van der Waals surface area contributed by atoms with Gasteiger partial charge in [-0.3, -0.25) is 9.59 Å². The zero-order chi connectivity index (χ0) is 20.4. The van der Waals surface area contributed by atoms with Gasteiger partial charge in [0.25, 0.3) is 5.91 Å². The molecule has 1 amide bonds. The van der Waals surface area contributed by atoms with Crippen LogP contribution in [0.4, 0.5) is 0 Å². The van der Waals surface area contributed by atoms with Crippen LogP contribution in [-0.4, -0.2) is 29.5 Å². The molecule has 0 bridgehead atoms. The highest BCUT2D eigenvalue weighted by atomic mass is 35.5. The van der Waals surface area contributed by atoms with Crippen molar-refractivity contribution >= 4 is 34.4 Å². The third-order valence-electron chi connectivity index (χ3n) is 5.41. The van der Waals surface area contributed by atoms with Gasteiger partial charge in [-0.2, -0.15) is 0 Å². The van der Waals surface area contributed by atoms with Crippen LogP contribution in [0.15, 0.2) is 48.5 Å². The quantitative estimate of drug-likeness (QED) is 0.603. The summed E-state index contributed by atoms with van der Waals surface area (Å²) in [5.74, 6) is -0.325. The lowest BCUT2D eigenvalue weighted by atomic mass is 9.78. The second-order valence-corrected chi connectivity index (χ2v) is 7.87. The highest BCUT2D eigenvalue weighted by molar-refractivity contribution is 6.31. The first kappa shape index (κ1) is 19.5. The summed E-state index contributed by atoms with van der Waals surface area (Å²) in [4.78, 5) is 28.1. The molecule has 1 heterocycles. The van der Waals surface area contributed by atoms with E-state index in [2.05, 4.69) is 22.4 Å². The molecule has 0 saturated heterocycles. The Morgan fingerprint density at radius 3 is 2.86 bits per heavy atom. The van der Waals surface area contributed by atoms with Crippen LogP contribution in [0.1, 0.15) is 47.3 Å². The number of amides is 1. The Bertz CT molecular complexity index is 1060. The second-order valence-electron chi connectivity index (χ2n) is 7.43. The van der Waals surface area contributed by atoms with Crippen molar-refractivity contribution in [1.29, 1.82) is 0 Å². The van der Waals surface area contributed by atoms with E-state index in [4.69, 9.17) is 16.3 Å². The number of ether oxygens (including phenoxy) is 1. The van der Waals surface area contributed by atoms with E-state index in [-0.39, 0.29) is 23.8 Å². The van der Waals surface area contributed by atoms with E-state index in [0.717, 1.165) is 17.3 Å². The summed E-state index contributed by atoms with van der Waals surface area (Å²) in [5.41, 5.74) is 3.71. The zero-order valence-electron chi connectivity index (χ0n) is 16.2. The molecule has 5 nitrogen and oxygen atoms in total. The SMILES string of the molecule is CCOC(=O)C[C@H]1C[C@@H](NC(=O)c2cc3cc(Cl)ccc3[nH]2)Cc2ccccc21. The van der Waals surface area contributed by atoms with Crippen molar-refractivity contribution in [2.45, 2.75) is 38.1 Å². The fourth-order valence-electron chi connectivity index (χ4n) is 4.15. The molecule has 1 aromatic heterocycles. The molecular weight excluding hydrogens is 388 g/mol. The number of hydrogen-bond donors (Lipinski definition) is 2. The number of aromatic nitrogens is 1. The van der Waals surface area contributed by atoms with Crippen LogP contribution in [0.25, 0.3) is 10.9 Å². The topological polar surface area (TPSA) is 71.2 Å². The summed E-state index contributed by atoms with van der Waals surface area (Å²) >= 11 is 6.04. The van der Waals surface area contributed by atoms with E-state index in [1.807, 2.05) is 37.3 Å². The molecule has 0 aliphatic heterocycles. The van der Waals surface area contributed by atoms with E-state index in [1.165, 1.54) is 11.1 Å². The molecule has 2 aromatic carbocycles. The summed E-state index contributed by atoms with van der Waals surface area (Å²) < 4.78 is 5.15. The highest BCUT2D eigenvalue weighted by Gasteiger charge is 2.30. The Morgan fingerprint density at radius 1 is 1.21 bits per heavy atom. The van der Waals surface area contributed by atoms with Crippen LogP contribution < -0.4 is 5.32 Å². The van der Waals surface area contributed by atoms with Gasteiger partial charge in [-0.15, -0.1) is 0 Å². The first-order valence-electron chi connectivity index (χ1n) is 9.86. The Kier molecular flexibility index (Phi) is 5.58. The molecule has 2 atom stereocenters. The monoisotopic (exact) mass is 410 g/mol. The van der Waals surface area contributed by atoms with Crippen molar-refractivity contribution in [3.05, 3.63) is 70.4 Å². The van der Waals surface area contributed by atoms with Gasteiger partial charge in [-0.25, -0.2) is 0 Å². The third kappa shape index (κ3) is 4.30. The number of carbonyl (C=O) groups excluding carboxylic acids is 2.